The standard InChI is InChI=1S/C16H24BrNO/c1-12(2)14-5-6-16(15(17)10-14)19-9-7-13-4-3-8-18-11-13/h5-6,10,12-13,18H,3-4,7-9,11H2,1-2H3. The smallest absolute Gasteiger partial charge is 0.133 e. The second-order valence-corrected chi connectivity index (χ2v) is 6.55. The van der Waals surface area contributed by atoms with E-state index < -0.39 is 0 Å². The maximum atomic E-state index is 5.90. The van der Waals surface area contributed by atoms with Crippen LogP contribution in [-0.2, 0) is 0 Å². The highest BCUT2D eigenvalue weighted by atomic mass is 79.9. The highest BCUT2D eigenvalue weighted by molar-refractivity contribution is 9.10. The molecule has 2 nitrogen and oxygen atoms in total. The minimum absolute atomic E-state index is 0.554. The third kappa shape index (κ3) is 4.50. The molecular weight excluding hydrogens is 302 g/mol. The van der Waals surface area contributed by atoms with E-state index in [0.717, 1.165) is 35.7 Å². The van der Waals surface area contributed by atoms with Gasteiger partial charge in [-0.05, 0) is 77.8 Å². The van der Waals surface area contributed by atoms with Crippen molar-refractivity contribution in [2.75, 3.05) is 19.7 Å². The molecule has 0 amide bonds. The Morgan fingerprint density at radius 2 is 2.26 bits per heavy atom. The molecule has 1 unspecified atom stereocenters. The number of rotatable bonds is 5. The molecule has 106 valence electrons. The number of benzene rings is 1. The Morgan fingerprint density at radius 1 is 1.42 bits per heavy atom. The van der Waals surface area contributed by atoms with E-state index in [4.69, 9.17) is 4.74 Å². The number of hydrogen-bond acceptors (Lipinski definition) is 2. The fraction of sp³-hybridized carbons (Fsp3) is 0.625. The van der Waals surface area contributed by atoms with Gasteiger partial charge in [-0.1, -0.05) is 19.9 Å². The van der Waals surface area contributed by atoms with Crippen LogP contribution in [0.3, 0.4) is 0 Å². The van der Waals surface area contributed by atoms with Crippen LogP contribution >= 0.6 is 15.9 Å². The van der Waals surface area contributed by atoms with Crippen molar-refractivity contribution in [3.05, 3.63) is 28.2 Å². The van der Waals surface area contributed by atoms with Crippen LogP contribution in [0.2, 0.25) is 0 Å². The molecular formula is C16H24BrNO. The highest BCUT2D eigenvalue weighted by Crippen LogP contribution is 2.29. The Kier molecular flexibility index (Phi) is 5.71. The Balaban J connectivity index is 1.82. The normalized spacial score (nSPS) is 19.7. The molecule has 1 saturated heterocycles. The van der Waals surface area contributed by atoms with Crippen molar-refractivity contribution in [3.8, 4) is 5.75 Å². The van der Waals surface area contributed by atoms with Crippen molar-refractivity contribution in [2.24, 2.45) is 5.92 Å². The van der Waals surface area contributed by atoms with Gasteiger partial charge < -0.3 is 10.1 Å². The van der Waals surface area contributed by atoms with E-state index in [0.29, 0.717) is 5.92 Å². The van der Waals surface area contributed by atoms with E-state index in [1.165, 1.54) is 24.9 Å². The molecule has 1 aliphatic rings. The Morgan fingerprint density at radius 3 is 2.89 bits per heavy atom. The van der Waals surface area contributed by atoms with Crippen LogP contribution in [0.25, 0.3) is 0 Å². The van der Waals surface area contributed by atoms with Gasteiger partial charge in [0.05, 0.1) is 11.1 Å². The van der Waals surface area contributed by atoms with E-state index in [2.05, 4.69) is 53.3 Å². The maximum Gasteiger partial charge on any atom is 0.133 e. The third-order valence-electron chi connectivity index (χ3n) is 3.81. The fourth-order valence-electron chi connectivity index (χ4n) is 2.50. The van der Waals surface area contributed by atoms with Crippen LogP contribution < -0.4 is 10.1 Å². The molecule has 1 fully saturated rings. The summed E-state index contributed by atoms with van der Waals surface area (Å²) in [6, 6.07) is 6.41. The van der Waals surface area contributed by atoms with Gasteiger partial charge in [0.25, 0.3) is 0 Å². The molecule has 1 heterocycles. The minimum atomic E-state index is 0.554. The first kappa shape index (κ1) is 14.9. The van der Waals surface area contributed by atoms with Crippen LogP contribution in [0, 0.1) is 5.92 Å². The summed E-state index contributed by atoms with van der Waals surface area (Å²) in [6.07, 6.45) is 3.78. The topological polar surface area (TPSA) is 21.3 Å². The van der Waals surface area contributed by atoms with Crippen molar-refractivity contribution in [2.45, 2.75) is 39.0 Å². The van der Waals surface area contributed by atoms with Crippen molar-refractivity contribution >= 4 is 15.9 Å². The molecule has 1 aliphatic heterocycles. The Bertz CT molecular complexity index is 400. The molecule has 0 radical (unpaired) electrons. The number of ether oxygens (including phenoxy) is 1. The second kappa shape index (κ2) is 7.30. The first-order valence-electron chi connectivity index (χ1n) is 7.30. The van der Waals surface area contributed by atoms with Crippen LogP contribution in [0.5, 0.6) is 5.75 Å². The van der Waals surface area contributed by atoms with E-state index in [-0.39, 0.29) is 0 Å². The summed E-state index contributed by atoms with van der Waals surface area (Å²) >= 11 is 3.60. The fourth-order valence-corrected chi connectivity index (χ4v) is 3.01. The van der Waals surface area contributed by atoms with Crippen molar-refractivity contribution < 1.29 is 4.74 Å². The van der Waals surface area contributed by atoms with Gasteiger partial charge in [-0.2, -0.15) is 0 Å². The van der Waals surface area contributed by atoms with Gasteiger partial charge in [0.1, 0.15) is 5.75 Å². The lowest BCUT2D eigenvalue weighted by molar-refractivity contribution is 0.253. The van der Waals surface area contributed by atoms with Crippen molar-refractivity contribution in [1.29, 1.82) is 0 Å². The van der Waals surface area contributed by atoms with Gasteiger partial charge in [-0.3, -0.25) is 0 Å². The Labute approximate surface area is 125 Å². The first-order valence-corrected chi connectivity index (χ1v) is 8.09. The summed E-state index contributed by atoms with van der Waals surface area (Å²) in [4.78, 5) is 0. The van der Waals surface area contributed by atoms with Gasteiger partial charge >= 0.3 is 0 Å². The molecule has 1 aromatic carbocycles. The summed E-state index contributed by atoms with van der Waals surface area (Å²) in [5.41, 5.74) is 1.34. The summed E-state index contributed by atoms with van der Waals surface area (Å²) in [6.45, 7) is 7.55. The van der Waals surface area contributed by atoms with E-state index >= 15 is 0 Å². The molecule has 19 heavy (non-hydrogen) atoms. The molecule has 0 saturated carbocycles. The minimum Gasteiger partial charge on any atom is -0.492 e. The lowest BCUT2D eigenvalue weighted by atomic mass is 9.97. The molecule has 0 aliphatic carbocycles. The average molecular weight is 326 g/mol. The van der Waals surface area contributed by atoms with E-state index in [1.807, 2.05) is 0 Å². The highest BCUT2D eigenvalue weighted by Gasteiger charge is 2.13. The molecule has 0 spiro atoms. The van der Waals surface area contributed by atoms with Gasteiger partial charge in [0.2, 0.25) is 0 Å². The number of nitrogens with one attached hydrogen (secondary N) is 1. The molecule has 3 heteroatoms. The quantitative estimate of drug-likeness (QED) is 0.869. The summed E-state index contributed by atoms with van der Waals surface area (Å²) in [5, 5.41) is 3.45. The summed E-state index contributed by atoms with van der Waals surface area (Å²) in [7, 11) is 0. The third-order valence-corrected chi connectivity index (χ3v) is 4.42. The van der Waals surface area contributed by atoms with Gasteiger partial charge in [0.15, 0.2) is 0 Å². The van der Waals surface area contributed by atoms with Crippen molar-refractivity contribution in [3.63, 3.8) is 0 Å². The number of piperidine rings is 1. The van der Waals surface area contributed by atoms with Crippen LogP contribution in [0.15, 0.2) is 22.7 Å². The molecule has 1 N–H and O–H groups in total. The second-order valence-electron chi connectivity index (χ2n) is 5.69. The molecule has 0 bridgehead atoms. The summed E-state index contributed by atoms with van der Waals surface area (Å²) < 4.78 is 6.97. The first-order chi connectivity index (χ1) is 9.16. The zero-order valence-corrected chi connectivity index (χ0v) is 13.5. The molecule has 1 aromatic rings. The number of hydrogen-bond donors (Lipinski definition) is 1. The van der Waals surface area contributed by atoms with Crippen LogP contribution in [0.1, 0.15) is 44.6 Å². The average Bonchev–Trinajstić information content (AvgIpc) is 2.41. The lowest BCUT2D eigenvalue weighted by Crippen LogP contribution is -2.30. The summed E-state index contributed by atoms with van der Waals surface area (Å²) in [5.74, 6) is 2.30. The van der Waals surface area contributed by atoms with Gasteiger partial charge in [0, 0.05) is 0 Å². The van der Waals surface area contributed by atoms with Gasteiger partial charge in [-0.25, -0.2) is 0 Å². The molecule has 1 atom stereocenters. The van der Waals surface area contributed by atoms with Gasteiger partial charge in [-0.15, -0.1) is 0 Å². The predicted octanol–water partition coefficient (Wildman–Crippen LogP) is 4.34. The Hall–Kier alpha value is -0.540. The SMILES string of the molecule is CC(C)c1ccc(OCCC2CCCNC2)c(Br)c1. The maximum absolute atomic E-state index is 5.90. The zero-order valence-electron chi connectivity index (χ0n) is 11.9. The monoisotopic (exact) mass is 325 g/mol. The van der Waals surface area contributed by atoms with E-state index in [1.54, 1.807) is 0 Å². The van der Waals surface area contributed by atoms with E-state index in [9.17, 15) is 0 Å². The predicted molar refractivity (Wildman–Crippen MR) is 83.9 cm³/mol. The van der Waals surface area contributed by atoms with Crippen molar-refractivity contribution in [1.82, 2.24) is 5.32 Å². The zero-order chi connectivity index (χ0) is 13.7. The molecule has 2 rings (SSSR count). The molecule has 0 aromatic heterocycles. The lowest BCUT2D eigenvalue weighted by Gasteiger charge is -2.22. The largest absolute Gasteiger partial charge is 0.492 e. The van der Waals surface area contributed by atoms with Crippen LogP contribution in [0.4, 0.5) is 0 Å². The number of halogens is 1. The van der Waals surface area contributed by atoms with Crippen LogP contribution in [-0.4, -0.2) is 19.7 Å².